The lowest BCUT2D eigenvalue weighted by molar-refractivity contribution is 0.666. The Morgan fingerprint density at radius 3 is 1.24 bits per heavy atom. The summed E-state index contributed by atoms with van der Waals surface area (Å²) in [7, 11) is 0. The van der Waals surface area contributed by atoms with Crippen LogP contribution in [-0.2, 0) is 5.41 Å². The zero-order valence-corrected chi connectivity index (χ0v) is 79.7. The van der Waals surface area contributed by atoms with E-state index in [9.17, 15) is 0 Å². The Hall–Kier alpha value is -17.7. The molecule has 0 fully saturated rings. The van der Waals surface area contributed by atoms with Gasteiger partial charge in [0.05, 0.1) is 5.69 Å². The second-order valence-corrected chi connectivity index (χ2v) is 39.4. The summed E-state index contributed by atoms with van der Waals surface area (Å²) in [4.78, 5) is 6.99. The van der Waals surface area contributed by atoms with Crippen LogP contribution in [0.2, 0.25) is 0 Å². The Kier molecular flexibility index (Phi) is 21.3. The number of benzene rings is 23. The van der Waals surface area contributed by atoms with Crippen LogP contribution < -0.4 is 14.7 Å². The standard InChI is InChI=1S/C49H35NS.C46H31NO.C40H25NOS/c1-49(2)45-28-21-35(30-43(45)42-27-20-34-10-6-7-13-40(34)48(42)49)32-16-23-38(24-17-32)50(37-11-4-3-5-12-37)39-25-18-33(19-26-39)36-22-29-47-44(31-36)41-14-8-9-15-46(41)51-47;1-3-12-32(13-4-1)36-17-9-19-39(30-36)47(40-20-10-18-37(31-40)33-14-5-2-6-15-33)38-27-24-35(25-28-38)41-22-11-23-44-45(41)43-29-26-34-16-7-8-21-42(34)46(43)48-44;1-2-11-28(12-3-1)41(35-17-8-16-33-32-14-6-7-18-36(32)42-39(33)35)29-23-20-27(21-24-29)30-15-9-19-37-38(30)34-25-22-26-10-4-5-13-31(26)40(34)43-37/h3-31H,1-2H3;1-31H;1-25H. The van der Waals surface area contributed by atoms with Crippen LogP contribution in [0.25, 0.3) is 194 Å². The van der Waals surface area contributed by atoms with Gasteiger partial charge in [-0.15, -0.1) is 22.7 Å². The molecule has 0 amide bonds. The van der Waals surface area contributed by atoms with Crippen molar-refractivity contribution in [2.75, 3.05) is 14.7 Å². The summed E-state index contributed by atoms with van der Waals surface area (Å²) in [6.45, 7) is 4.74. The third-order valence-electron chi connectivity index (χ3n) is 28.6. The average Bonchev–Trinajstić information content (AvgIpc) is 1.56. The highest BCUT2D eigenvalue weighted by molar-refractivity contribution is 7.27. The third kappa shape index (κ3) is 15.2. The van der Waals surface area contributed by atoms with Crippen LogP contribution in [0.3, 0.4) is 0 Å². The van der Waals surface area contributed by atoms with Crippen LogP contribution in [0, 0.1) is 0 Å². The Bertz CT molecular complexity index is 9410. The molecule has 27 aromatic rings. The molecule has 0 N–H and O–H groups in total. The van der Waals surface area contributed by atoms with Gasteiger partial charge < -0.3 is 23.5 Å². The van der Waals surface area contributed by atoms with Crippen LogP contribution in [0.15, 0.2) is 524 Å². The SMILES string of the molecule is CC1(C)c2ccc(-c3ccc(N(c4ccccc4)c4ccc(-c5ccc6sc7ccccc7c6c5)cc4)cc3)cc2-c2ccc3ccccc3c21.c1ccc(-c2cccc(N(c3ccc(-c4cccc5oc6c7ccccc7ccc6c45)cc3)c3cccc(-c4ccccc4)c3)c2)cc1.c1ccc(N(c2ccc(-c3cccc4sc5c6ccccc6ccc5c34)cc2)c2cccc3c2oc2ccccc23)cc1. The van der Waals surface area contributed by atoms with Crippen molar-refractivity contribution in [1.29, 1.82) is 0 Å². The summed E-state index contributed by atoms with van der Waals surface area (Å²) in [6, 6.07) is 186. The average molecular weight is 1850 g/mol. The molecule has 142 heavy (non-hydrogen) atoms. The molecule has 0 atom stereocenters. The minimum absolute atomic E-state index is 0.0509. The first-order valence-corrected chi connectivity index (χ1v) is 50.2. The molecule has 0 radical (unpaired) electrons. The van der Waals surface area contributed by atoms with Gasteiger partial charge in [-0.05, 0) is 268 Å². The van der Waals surface area contributed by atoms with Gasteiger partial charge in [-0.25, -0.2) is 0 Å². The number of thiophene rings is 2. The lowest BCUT2D eigenvalue weighted by Gasteiger charge is -2.27. The number of rotatable bonds is 15. The minimum Gasteiger partial charge on any atom is -0.455 e. The van der Waals surface area contributed by atoms with Gasteiger partial charge in [-0.3, -0.25) is 0 Å². The van der Waals surface area contributed by atoms with E-state index in [1.54, 1.807) is 0 Å². The predicted octanol–water partition coefficient (Wildman–Crippen LogP) is 39.8. The summed E-state index contributed by atoms with van der Waals surface area (Å²) in [5, 5.41) is 17.4. The molecule has 4 heterocycles. The topological polar surface area (TPSA) is 36.0 Å². The minimum atomic E-state index is -0.0509. The fourth-order valence-electron chi connectivity index (χ4n) is 21.8. The second-order valence-electron chi connectivity index (χ2n) is 37.2. The summed E-state index contributed by atoms with van der Waals surface area (Å²) in [5.74, 6) is 0. The summed E-state index contributed by atoms with van der Waals surface area (Å²) >= 11 is 3.75. The molecular weight excluding hydrogens is 1760 g/mol. The van der Waals surface area contributed by atoms with Crippen LogP contribution in [0.4, 0.5) is 51.2 Å². The molecule has 0 saturated carbocycles. The molecule has 1 aliphatic carbocycles. The summed E-state index contributed by atoms with van der Waals surface area (Å²) in [6.07, 6.45) is 0. The second kappa shape index (κ2) is 35.7. The molecule has 23 aromatic carbocycles. The van der Waals surface area contributed by atoms with E-state index in [0.29, 0.717) is 0 Å². The molecule has 4 aromatic heterocycles. The number of para-hydroxylation sites is 4. The zero-order valence-electron chi connectivity index (χ0n) is 78.0. The normalized spacial score (nSPS) is 12.1. The van der Waals surface area contributed by atoms with Gasteiger partial charge in [-0.1, -0.05) is 378 Å². The van der Waals surface area contributed by atoms with Crippen LogP contribution in [0.5, 0.6) is 0 Å². The summed E-state index contributed by atoms with van der Waals surface area (Å²) in [5.41, 5.74) is 33.4. The van der Waals surface area contributed by atoms with E-state index >= 15 is 0 Å². The Morgan fingerprint density at radius 2 is 0.599 bits per heavy atom. The van der Waals surface area contributed by atoms with Crippen LogP contribution in [-0.4, -0.2) is 0 Å². The van der Waals surface area contributed by atoms with Gasteiger partial charge >= 0.3 is 0 Å². The lowest BCUT2D eigenvalue weighted by atomic mass is 9.80. The highest BCUT2D eigenvalue weighted by atomic mass is 32.1. The van der Waals surface area contributed by atoms with Gasteiger partial charge in [0.25, 0.3) is 0 Å². The summed E-state index contributed by atoms with van der Waals surface area (Å²) < 4.78 is 18.3. The maximum atomic E-state index is 6.49. The molecule has 7 heteroatoms. The molecule has 28 rings (SSSR count). The highest BCUT2D eigenvalue weighted by Crippen LogP contribution is 2.54. The van der Waals surface area contributed by atoms with E-state index < -0.39 is 0 Å². The number of anilines is 9. The third-order valence-corrected chi connectivity index (χ3v) is 30.9. The number of hydrogen-bond donors (Lipinski definition) is 0. The Morgan fingerprint density at radius 1 is 0.197 bits per heavy atom. The van der Waals surface area contributed by atoms with Gasteiger partial charge in [0, 0.05) is 118 Å². The Labute approximate surface area is 831 Å². The maximum Gasteiger partial charge on any atom is 0.159 e. The first-order valence-electron chi connectivity index (χ1n) is 48.5. The predicted molar refractivity (Wildman–Crippen MR) is 606 cm³/mol. The molecular formula is C135H91N3O2S2. The molecule has 0 unspecified atom stereocenters. The largest absolute Gasteiger partial charge is 0.455 e. The van der Waals surface area contributed by atoms with Crippen molar-refractivity contribution in [3.63, 3.8) is 0 Å². The fraction of sp³-hybridized carbons (Fsp3) is 0.0222. The van der Waals surface area contributed by atoms with E-state index in [1.807, 2.05) is 34.8 Å². The molecule has 0 aliphatic heterocycles. The molecule has 0 spiro atoms. The number of fused-ring (bicyclic) bond motifs is 21. The van der Waals surface area contributed by atoms with Crippen molar-refractivity contribution in [1.82, 2.24) is 0 Å². The van der Waals surface area contributed by atoms with Crippen molar-refractivity contribution in [2.24, 2.45) is 0 Å². The maximum absolute atomic E-state index is 6.49. The highest BCUT2D eigenvalue weighted by Gasteiger charge is 2.37. The molecule has 0 saturated heterocycles. The monoisotopic (exact) mass is 1850 g/mol. The van der Waals surface area contributed by atoms with E-state index in [0.717, 1.165) is 112 Å². The number of furan rings is 2. The first kappa shape index (κ1) is 84.8. The van der Waals surface area contributed by atoms with Crippen molar-refractivity contribution in [3.05, 3.63) is 527 Å². The van der Waals surface area contributed by atoms with E-state index in [1.165, 1.54) is 145 Å². The Balaban J connectivity index is 0.000000109. The number of hydrogen-bond acceptors (Lipinski definition) is 7. The van der Waals surface area contributed by atoms with Gasteiger partial charge in [0.15, 0.2) is 5.58 Å². The fourth-order valence-corrected chi connectivity index (χ4v) is 24.1. The molecule has 5 nitrogen and oxygen atoms in total. The van der Waals surface area contributed by atoms with Crippen LogP contribution in [0.1, 0.15) is 25.0 Å². The zero-order chi connectivity index (χ0) is 94.3. The quantitative estimate of drug-likeness (QED) is 0.102. The molecule has 1 aliphatic rings. The molecule has 0 bridgehead atoms. The molecule has 670 valence electrons. The van der Waals surface area contributed by atoms with Crippen molar-refractivity contribution in [2.45, 2.75) is 19.3 Å². The number of nitrogens with zero attached hydrogens (tertiary/aromatic N) is 3. The van der Waals surface area contributed by atoms with E-state index in [-0.39, 0.29) is 5.41 Å². The van der Waals surface area contributed by atoms with Crippen molar-refractivity contribution in [3.8, 4) is 77.9 Å². The van der Waals surface area contributed by atoms with Gasteiger partial charge in [-0.2, -0.15) is 0 Å². The van der Waals surface area contributed by atoms with E-state index in [4.69, 9.17) is 8.83 Å². The first-order chi connectivity index (χ1) is 70.2. The smallest absolute Gasteiger partial charge is 0.159 e. The van der Waals surface area contributed by atoms with Crippen molar-refractivity contribution < 1.29 is 8.83 Å². The van der Waals surface area contributed by atoms with Crippen LogP contribution >= 0.6 is 22.7 Å². The van der Waals surface area contributed by atoms with Gasteiger partial charge in [0.2, 0.25) is 0 Å². The van der Waals surface area contributed by atoms with Crippen molar-refractivity contribution >= 4 is 190 Å². The van der Waals surface area contributed by atoms with Gasteiger partial charge in [0.1, 0.15) is 16.7 Å². The van der Waals surface area contributed by atoms with E-state index in [2.05, 4.69) is 532 Å². The lowest BCUT2D eigenvalue weighted by Crippen LogP contribution is -2.15.